The Morgan fingerprint density at radius 2 is 2.05 bits per heavy atom. The summed E-state index contributed by atoms with van der Waals surface area (Å²) in [6.45, 7) is 3.13. The predicted octanol–water partition coefficient (Wildman–Crippen LogP) is 3.00. The molecular weight excluding hydrogens is 282 g/mol. The quantitative estimate of drug-likeness (QED) is 0.846. The number of nitrogens with one attached hydrogen (secondary N) is 1. The average Bonchev–Trinajstić information content (AvgIpc) is 2.95. The number of rotatable bonds is 6. The van der Waals surface area contributed by atoms with Crippen molar-refractivity contribution in [2.45, 2.75) is 64.3 Å². The van der Waals surface area contributed by atoms with Crippen LogP contribution in [0.5, 0.6) is 0 Å². The van der Waals surface area contributed by atoms with Crippen LogP contribution in [0.25, 0.3) is 0 Å². The molecule has 6 heteroatoms. The minimum Gasteiger partial charge on any atom is -0.479 e. The first-order valence-electron chi connectivity index (χ1n) is 7.98. The predicted molar refractivity (Wildman–Crippen MR) is 83.6 cm³/mol. The van der Waals surface area contributed by atoms with E-state index in [-0.39, 0.29) is 5.91 Å². The Kier molecular flexibility index (Phi) is 5.21. The van der Waals surface area contributed by atoms with Crippen LogP contribution in [0.4, 0.5) is 5.69 Å². The van der Waals surface area contributed by atoms with Gasteiger partial charge in [0.1, 0.15) is 0 Å². The number of hydrogen-bond acceptors (Lipinski definition) is 3. The summed E-state index contributed by atoms with van der Waals surface area (Å²) < 4.78 is 1.35. The van der Waals surface area contributed by atoms with E-state index in [2.05, 4.69) is 10.4 Å². The van der Waals surface area contributed by atoms with E-state index in [4.69, 9.17) is 5.11 Å². The molecule has 22 heavy (non-hydrogen) atoms. The van der Waals surface area contributed by atoms with Crippen molar-refractivity contribution >= 4 is 17.6 Å². The molecule has 0 bridgehead atoms. The second-order valence-electron chi connectivity index (χ2n) is 6.63. The molecule has 1 saturated carbocycles. The van der Waals surface area contributed by atoms with Crippen LogP contribution < -0.4 is 5.32 Å². The fraction of sp³-hybridized carbons (Fsp3) is 0.688. The molecule has 0 aromatic carbocycles. The topological polar surface area (TPSA) is 84.2 Å². The van der Waals surface area contributed by atoms with E-state index in [0.717, 1.165) is 6.42 Å². The van der Waals surface area contributed by atoms with Gasteiger partial charge < -0.3 is 10.4 Å². The lowest BCUT2D eigenvalue weighted by Gasteiger charge is -2.21. The normalized spacial score (nSPS) is 16.5. The molecule has 0 aliphatic heterocycles. The lowest BCUT2D eigenvalue weighted by Crippen LogP contribution is -2.35. The third-order valence-electron chi connectivity index (χ3n) is 4.47. The van der Waals surface area contributed by atoms with E-state index in [0.29, 0.717) is 18.0 Å². The summed E-state index contributed by atoms with van der Waals surface area (Å²) >= 11 is 0. The second kappa shape index (κ2) is 6.94. The van der Waals surface area contributed by atoms with E-state index < -0.39 is 11.5 Å². The zero-order valence-corrected chi connectivity index (χ0v) is 13.3. The molecule has 1 amide bonds. The lowest BCUT2D eigenvalue weighted by molar-refractivity contribution is -0.146. The Labute approximate surface area is 130 Å². The maximum absolute atomic E-state index is 12.0. The molecule has 0 saturated heterocycles. The summed E-state index contributed by atoms with van der Waals surface area (Å²) in [5.41, 5.74) is -0.589. The summed E-state index contributed by atoms with van der Waals surface area (Å²) in [7, 11) is 0. The highest BCUT2D eigenvalue weighted by Crippen LogP contribution is 2.27. The van der Waals surface area contributed by atoms with Gasteiger partial charge in [0, 0.05) is 12.6 Å². The number of carbonyl (C=O) groups excluding carboxylic acids is 1. The molecule has 1 fully saturated rings. The molecule has 1 aliphatic carbocycles. The monoisotopic (exact) mass is 307 g/mol. The molecule has 122 valence electrons. The number of amides is 1. The highest BCUT2D eigenvalue weighted by atomic mass is 16.4. The largest absolute Gasteiger partial charge is 0.479 e. The number of carboxylic acid groups (broad SMARTS) is 1. The minimum absolute atomic E-state index is 0.0294. The third-order valence-corrected chi connectivity index (χ3v) is 4.47. The molecule has 1 heterocycles. The Balaban J connectivity index is 1.84. The molecule has 2 N–H and O–H groups in total. The van der Waals surface area contributed by atoms with Gasteiger partial charge in [0.05, 0.1) is 11.9 Å². The molecule has 6 nitrogen and oxygen atoms in total. The standard InChI is InChI=1S/C16H25N3O3/c1-16(2,15(21)22)19-11-13(10-17-19)18-14(20)9-8-12-6-4-3-5-7-12/h10-12H,3-9H2,1-2H3,(H,18,20)(H,21,22). The van der Waals surface area contributed by atoms with Gasteiger partial charge in [0.15, 0.2) is 5.54 Å². The molecule has 1 aromatic rings. The van der Waals surface area contributed by atoms with Crippen LogP contribution in [0, 0.1) is 5.92 Å². The van der Waals surface area contributed by atoms with Crippen LogP contribution in [0.15, 0.2) is 12.4 Å². The number of hydrogen-bond donors (Lipinski definition) is 2. The first-order chi connectivity index (χ1) is 10.4. The van der Waals surface area contributed by atoms with Crippen LogP contribution in [0.1, 0.15) is 58.8 Å². The number of carbonyl (C=O) groups is 2. The number of carboxylic acids is 1. The van der Waals surface area contributed by atoms with Crippen LogP contribution in [0.3, 0.4) is 0 Å². The fourth-order valence-corrected chi connectivity index (χ4v) is 2.83. The van der Waals surface area contributed by atoms with E-state index in [9.17, 15) is 9.59 Å². The minimum atomic E-state index is -1.13. The molecule has 1 aromatic heterocycles. The van der Waals surface area contributed by atoms with E-state index in [1.54, 1.807) is 20.0 Å². The van der Waals surface area contributed by atoms with Gasteiger partial charge in [-0.2, -0.15) is 5.10 Å². The molecule has 0 radical (unpaired) electrons. The smallest absolute Gasteiger partial charge is 0.331 e. The lowest BCUT2D eigenvalue weighted by atomic mass is 9.86. The van der Waals surface area contributed by atoms with Crippen molar-refractivity contribution < 1.29 is 14.7 Å². The second-order valence-corrected chi connectivity index (χ2v) is 6.63. The molecular formula is C16H25N3O3. The van der Waals surface area contributed by atoms with Gasteiger partial charge in [-0.25, -0.2) is 4.79 Å². The van der Waals surface area contributed by atoms with Crippen molar-refractivity contribution in [1.29, 1.82) is 0 Å². The van der Waals surface area contributed by atoms with Crippen LogP contribution in [-0.2, 0) is 15.1 Å². The maximum Gasteiger partial charge on any atom is 0.331 e. The van der Waals surface area contributed by atoms with Crippen LogP contribution in [-0.4, -0.2) is 26.8 Å². The molecule has 1 aliphatic rings. The summed E-state index contributed by atoms with van der Waals surface area (Å²) in [5, 5.41) is 16.0. The van der Waals surface area contributed by atoms with Gasteiger partial charge >= 0.3 is 5.97 Å². The summed E-state index contributed by atoms with van der Waals surface area (Å²) in [6, 6.07) is 0. The molecule has 0 unspecified atom stereocenters. The highest BCUT2D eigenvalue weighted by molar-refractivity contribution is 5.90. The van der Waals surface area contributed by atoms with Gasteiger partial charge in [-0.3, -0.25) is 9.48 Å². The highest BCUT2D eigenvalue weighted by Gasteiger charge is 2.30. The van der Waals surface area contributed by atoms with E-state index in [1.165, 1.54) is 43.0 Å². The van der Waals surface area contributed by atoms with E-state index in [1.807, 2.05) is 0 Å². The first-order valence-corrected chi connectivity index (χ1v) is 7.98. The van der Waals surface area contributed by atoms with Crippen LogP contribution in [0.2, 0.25) is 0 Å². The first kappa shape index (κ1) is 16.5. The zero-order valence-electron chi connectivity index (χ0n) is 13.3. The number of anilines is 1. The van der Waals surface area contributed by atoms with Crippen molar-refractivity contribution in [1.82, 2.24) is 9.78 Å². The SMILES string of the molecule is CC(C)(C(=O)O)n1cc(NC(=O)CCC2CCCCC2)cn1. The van der Waals surface area contributed by atoms with Crippen molar-refractivity contribution in [2.75, 3.05) is 5.32 Å². The van der Waals surface area contributed by atoms with E-state index >= 15 is 0 Å². The number of aliphatic carboxylic acids is 1. The Bertz CT molecular complexity index is 530. The van der Waals surface area contributed by atoms with Gasteiger partial charge in [-0.15, -0.1) is 0 Å². The number of aromatic nitrogens is 2. The Morgan fingerprint density at radius 1 is 1.36 bits per heavy atom. The van der Waals surface area contributed by atoms with Gasteiger partial charge in [0.25, 0.3) is 0 Å². The molecule has 2 rings (SSSR count). The molecule has 0 atom stereocenters. The van der Waals surface area contributed by atoms with Gasteiger partial charge in [0.2, 0.25) is 5.91 Å². The average molecular weight is 307 g/mol. The fourth-order valence-electron chi connectivity index (χ4n) is 2.83. The molecule has 0 spiro atoms. The summed E-state index contributed by atoms with van der Waals surface area (Å²) in [4.78, 5) is 23.2. The van der Waals surface area contributed by atoms with Gasteiger partial charge in [-0.1, -0.05) is 32.1 Å². The summed E-state index contributed by atoms with van der Waals surface area (Å²) in [6.07, 6.45) is 10.8. The third kappa shape index (κ3) is 4.08. The Hall–Kier alpha value is -1.85. The van der Waals surface area contributed by atoms with Crippen LogP contribution >= 0.6 is 0 Å². The zero-order chi connectivity index (χ0) is 16.2. The maximum atomic E-state index is 12.0. The van der Waals surface area contributed by atoms with Crippen molar-refractivity contribution in [3.05, 3.63) is 12.4 Å². The van der Waals surface area contributed by atoms with Crippen molar-refractivity contribution in [2.24, 2.45) is 5.92 Å². The number of nitrogens with zero attached hydrogens (tertiary/aromatic N) is 2. The Morgan fingerprint density at radius 3 is 2.68 bits per heavy atom. The summed E-state index contributed by atoms with van der Waals surface area (Å²) in [5.74, 6) is -0.322. The van der Waals surface area contributed by atoms with Gasteiger partial charge in [-0.05, 0) is 26.2 Å². The van der Waals surface area contributed by atoms with Crippen molar-refractivity contribution in [3.63, 3.8) is 0 Å². The van der Waals surface area contributed by atoms with Crippen molar-refractivity contribution in [3.8, 4) is 0 Å².